The number of hydrogen-bond acceptors (Lipinski definition) is 6. The Morgan fingerprint density at radius 3 is 2.31 bits per heavy atom. The van der Waals surface area contributed by atoms with Gasteiger partial charge in [-0.05, 0) is 80.1 Å². The van der Waals surface area contributed by atoms with Gasteiger partial charge in [-0.1, -0.05) is 24.3 Å². The van der Waals surface area contributed by atoms with Gasteiger partial charge in [0.2, 0.25) is 5.91 Å². The molecule has 0 spiro atoms. The zero-order valence-electron chi connectivity index (χ0n) is 24.7. The number of hydrogen-bond donors (Lipinski definition) is 2. The zero-order valence-corrected chi connectivity index (χ0v) is 24.7. The number of nitrogens with one attached hydrogen (secondary N) is 2. The van der Waals surface area contributed by atoms with E-state index in [1.165, 1.54) is 18.3 Å². The van der Waals surface area contributed by atoms with Crippen molar-refractivity contribution in [1.82, 2.24) is 25.2 Å². The lowest BCUT2D eigenvalue weighted by Gasteiger charge is -2.25. The van der Waals surface area contributed by atoms with Gasteiger partial charge in [-0.3, -0.25) is 24.9 Å². The summed E-state index contributed by atoms with van der Waals surface area (Å²) in [5.74, 6) is -0.235. The van der Waals surface area contributed by atoms with Crippen molar-refractivity contribution in [3.8, 4) is 11.3 Å². The molecule has 1 atom stereocenters. The highest BCUT2D eigenvalue weighted by atomic mass is 19.4. The van der Waals surface area contributed by atoms with Gasteiger partial charge in [-0.2, -0.15) is 13.2 Å². The molecule has 0 aliphatic carbocycles. The summed E-state index contributed by atoms with van der Waals surface area (Å²) in [6.07, 6.45) is -1.32. The molecule has 0 aliphatic heterocycles. The van der Waals surface area contributed by atoms with Crippen LogP contribution in [0.4, 0.5) is 19.0 Å². The van der Waals surface area contributed by atoms with Crippen LogP contribution >= 0.6 is 0 Å². The van der Waals surface area contributed by atoms with Gasteiger partial charge in [0, 0.05) is 43.0 Å². The van der Waals surface area contributed by atoms with Gasteiger partial charge in [0.1, 0.15) is 11.9 Å². The number of halogens is 3. The molecule has 45 heavy (non-hydrogen) atoms. The average Bonchev–Trinajstić information content (AvgIpc) is 3.05. The summed E-state index contributed by atoms with van der Waals surface area (Å²) in [4.78, 5) is 41.5. The van der Waals surface area contributed by atoms with E-state index in [9.17, 15) is 22.8 Å². The van der Waals surface area contributed by atoms with Crippen LogP contribution in [0.25, 0.3) is 22.2 Å². The summed E-state index contributed by atoms with van der Waals surface area (Å²) >= 11 is 0. The second-order valence-corrected chi connectivity index (χ2v) is 10.2. The molecule has 1 unspecified atom stereocenters. The first kappa shape index (κ1) is 31.3. The summed E-state index contributed by atoms with van der Waals surface area (Å²) in [5.41, 5.74) is 2.27. The van der Waals surface area contributed by atoms with Crippen molar-refractivity contribution in [2.45, 2.75) is 32.6 Å². The fourth-order valence-corrected chi connectivity index (χ4v) is 4.98. The molecular formula is C34H31F3N6O2. The van der Waals surface area contributed by atoms with E-state index in [2.05, 4.69) is 25.6 Å². The second-order valence-electron chi connectivity index (χ2n) is 10.2. The number of benzene rings is 2. The van der Waals surface area contributed by atoms with Gasteiger partial charge < -0.3 is 10.2 Å². The predicted octanol–water partition coefficient (Wildman–Crippen LogP) is 6.66. The quantitative estimate of drug-likeness (QED) is 0.183. The molecule has 5 aromatic rings. The van der Waals surface area contributed by atoms with Gasteiger partial charge >= 0.3 is 6.18 Å². The molecule has 2 aromatic carbocycles. The van der Waals surface area contributed by atoms with E-state index in [0.29, 0.717) is 42.2 Å². The minimum absolute atomic E-state index is 0.0448. The van der Waals surface area contributed by atoms with Crippen LogP contribution in [0.1, 0.15) is 47.1 Å². The normalized spacial score (nSPS) is 12.1. The van der Waals surface area contributed by atoms with Crippen LogP contribution in [0.2, 0.25) is 0 Å². The average molecular weight is 613 g/mol. The largest absolute Gasteiger partial charge is 0.416 e. The monoisotopic (exact) mass is 612 g/mol. The van der Waals surface area contributed by atoms with Crippen molar-refractivity contribution < 1.29 is 22.8 Å². The molecule has 2 N–H and O–H groups in total. The Morgan fingerprint density at radius 1 is 0.867 bits per heavy atom. The first-order valence-electron chi connectivity index (χ1n) is 14.4. The van der Waals surface area contributed by atoms with Crippen molar-refractivity contribution in [2.75, 3.05) is 18.4 Å². The third-order valence-electron chi connectivity index (χ3n) is 7.35. The highest BCUT2D eigenvalue weighted by Crippen LogP contribution is 2.31. The molecule has 8 nitrogen and oxygen atoms in total. The fraction of sp³-hybridized carbons (Fsp3) is 0.206. The maximum atomic E-state index is 13.3. The Labute approximate surface area is 258 Å². The lowest BCUT2D eigenvalue weighted by Crippen LogP contribution is -2.41. The van der Waals surface area contributed by atoms with E-state index >= 15 is 0 Å². The smallest absolute Gasteiger partial charge is 0.342 e. The first-order chi connectivity index (χ1) is 21.7. The zero-order chi connectivity index (χ0) is 32.0. The van der Waals surface area contributed by atoms with Gasteiger partial charge in [-0.15, -0.1) is 0 Å². The molecule has 0 saturated heterocycles. The summed E-state index contributed by atoms with van der Waals surface area (Å²) in [7, 11) is 0. The summed E-state index contributed by atoms with van der Waals surface area (Å²) < 4.78 is 39.0. The fourth-order valence-electron chi connectivity index (χ4n) is 4.98. The summed E-state index contributed by atoms with van der Waals surface area (Å²) in [5, 5.41) is 6.97. The number of likely N-dealkylation sites (N-methyl/N-ethyl adjacent to an activating group) is 1. The Morgan fingerprint density at radius 2 is 1.62 bits per heavy atom. The Kier molecular flexibility index (Phi) is 9.48. The first-order valence-corrected chi connectivity index (χ1v) is 14.4. The maximum absolute atomic E-state index is 13.3. The lowest BCUT2D eigenvalue weighted by molar-refractivity contribution is -0.137. The predicted molar refractivity (Wildman–Crippen MR) is 166 cm³/mol. The molecule has 3 aromatic heterocycles. The Hall–Kier alpha value is -5.16. The van der Waals surface area contributed by atoms with Crippen LogP contribution in [0.15, 0.2) is 97.3 Å². The molecular weight excluding hydrogens is 581 g/mol. The number of carbonyl (C=O) groups excluding carboxylic acids is 2. The lowest BCUT2D eigenvalue weighted by atomic mass is 10.0. The number of alkyl halides is 3. The number of rotatable bonds is 10. The number of aromatic nitrogens is 3. The van der Waals surface area contributed by atoms with E-state index in [1.54, 1.807) is 29.3 Å². The minimum atomic E-state index is -4.46. The van der Waals surface area contributed by atoms with E-state index in [4.69, 9.17) is 0 Å². The van der Waals surface area contributed by atoms with E-state index in [0.717, 1.165) is 23.1 Å². The molecule has 11 heteroatoms. The highest BCUT2D eigenvalue weighted by molar-refractivity contribution is 6.08. The van der Waals surface area contributed by atoms with Crippen LogP contribution in [-0.4, -0.2) is 44.8 Å². The third-order valence-corrected chi connectivity index (χ3v) is 7.35. The molecule has 5 rings (SSSR count). The molecule has 2 amide bonds. The Bertz CT molecular complexity index is 1790. The molecule has 0 aliphatic rings. The van der Waals surface area contributed by atoms with Crippen molar-refractivity contribution >= 4 is 28.5 Å². The number of pyridine rings is 3. The molecule has 0 radical (unpaired) electrons. The topological polar surface area (TPSA) is 100 Å². The number of anilines is 1. The van der Waals surface area contributed by atoms with Gasteiger partial charge in [0.25, 0.3) is 5.91 Å². The van der Waals surface area contributed by atoms with Crippen molar-refractivity contribution in [3.63, 3.8) is 0 Å². The number of nitrogens with zero attached hydrogens (tertiary/aromatic N) is 4. The van der Waals surface area contributed by atoms with Gasteiger partial charge in [-0.25, -0.2) is 4.98 Å². The van der Waals surface area contributed by atoms with Gasteiger partial charge in [0.15, 0.2) is 0 Å². The standard InChI is InChI=1S/C34H31F3N6O2/c1-3-43(4-2)33(45)31(28-9-5-6-18-38-28)40-21-22-10-16-27-24(20-22)13-17-29(41-27)42-32(44)26-8-7-19-39-30(26)23-11-14-25(15-12-23)34(35,36)37/h5-20,31,40H,3-4,21H2,1-2H3,(H,41,42,44). The molecule has 0 saturated carbocycles. The van der Waals surface area contributed by atoms with E-state index < -0.39 is 23.7 Å². The van der Waals surface area contributed by atoms with Crippen LogP contribution in [-0.2, 0) is 17.5 Å². The molecule has 0 bridgehead atoms. The molecule has 3 heterocycles. The van der Waals surface area contributed by atoms with Gasteiger partial charge in [0.05, 0.1) is 28.0 Å². The van der Waals surface area contributed by atoms with Crippen molar-refractivity contribution in [3.05, 3.63) is 120 Å². The number of fused-ring (bicyclic) bond motifs is 1. The van der Waals surface area contributed by atoms with E-state index in [-0.39, 0.29) is 17.2 Å². The van der Waals surface area contributed by atoms with Crippen LogP contribution in [0, 0.1) is 0 Å². The number of carbonyl (C=O) groups is 2. The van der Waals surface area contributed by atoms with Crippen LogP contribution < -0.4 is 10.6 Å². The van der Waals surface area contributed by atoms with Crippen molar-refractivity contribution in [1.29, 1.82) is 0 Å². The van der Waals surface area contributed by atoms with Crippen LogP contribution in [0.3, 0.4) is 0 Å². The summed E-state index contributed by atoms with van der Waals surface area (Å²) in [6.45, 7) is 5.49. The molecule has 0 fully saturated rings. The molecule has 230 valence electrons. The SMILES string of the molecule is CCN(CC)C(=O)C(NCc1ccc2nc(NC(=O)c3cccnc3-c3ccc(C(F)(F)F)cc3)ccc2c1)c1ccccn1. The minimum Gasteiger partial charge on any atom is -0.342 e. The highest BCUT2D eigenvalue weighted by Gasteiger charge is 2.30. The maximum Gasteiger partial charge on any atom is 0.416 e. The van der Waals surface area contributed by atoms with Crippen LogP contribution in [0.5, 0.6) is 0 Å². The number of amides is 2. The Balaban J connectivity index is 1.31. The third kappa shape index (κ3) is 7.32. The second kappa shape index (κ2) is 13.6. The van der Waals surface area contributed by atoms with E-state index in [1.807, 2.05) is 56.3 Å². The van der Waals surface area contributed by atoms with Crippen molar-refractivity contribution in [2.24, 2.45) is 0 Å². The summed E-state index contributed by atoms with van der Waals surface area (Å²) in [6, 6.07) is 21.7.